The van der Waals surface area contributed by atoms with Gasteiger partial charge in [-0.3, -0.25) is 14.4 Å². The first-order chi connectivity index (χ1) is 17.5. The first-order valence-electron chi connectivity index (χ1n) is 12.3. The average Bonchev–Trinajstić information content (AvgIpc) is 2.79. The van der Waals surface area contributed by atoms with Gasteiger partial charge in [-0.2, -0.15) is 0 Å². The summed E-state index contributed by atoms with van der Waals surface area (Å²) in [7, 11) is 3.61. The Morgan fingerprint density at radius 3 is 2.39 bits per heavy atom. The summed E-state index contributed by atoms with van der Waals surface area (Å²) < 4.78 is 0. The summed E-state index contributed by atoms with van der Waals surface area (Å²) in [6.07, 6.45) is -0.0293. The number of primary amides is 1. The van der Waals surface area contributed by atoms with E-state index < -0.39 is 57.7 Å². The normalized spacial score (nSPS) is 25.3. The molecular weight excluding hydrogens is 492 g/mol. The first kappa shape index (κ1) is 27.3. The molecule has 8 N–H and O–H groups in total. The van der Waals surface area contributed by atoms with Crippen molar-refractivity contribution in [3.05, 3.63) is 39.7 Å². The molecule has 11 nitrogen and oxygen atoms in total. The predicted molar refractivity (Wildman–Crippen MR) is 140 cm³/mol. The van der Waals surface area contributed by atoms with Gasteiger partial charge in [0, 0.05) is 44.0 Å². The van der Waals surface area contributed by atoms with E-state index in [1.807, 2.05) is 4.90 Å². The molecule has 3 atom stereocenters. The Labute approximate surface area is 220 Å². The number of aliphatic hydroxyl groups is 3. The number of aromatic hydroxyl groups is 1. The largest absolute Gasteiger partial charge is 0.507 e. The van der Waals surface area contributed by atoms with Crippen molar-refractivity contribution in [1.82, 2.24) is 5.32 Å². The standard InChI is InChI=1S/C27H34N4O7/c1-26(2,3)10-30-9-12-8-15(31(4)5)13-6-11-7-14-20(33)22(35)18(25(29)37)23(28)27(14,38)24(36)16(11)21(34)17(13)19(12)32/h8,11,14,28,30,32,34-35,38H,6-7,9-10H2,1-5H3,(H2,29,37)/t11-,14-,27+/m0/s1. The monoisotopic (exact) mass is 526 g/mol. The fourth-order valence-corrected chi connectivity index (χ4v) is 5.73. The van der Waals surface area contributed by atoms with Crippen molar-refractivity contribution in [3.63, 3.8) is 0 Å². The van der Waals surface area contributed by atoms with Gasteiger partial charge in [0.2, 0.25) is 11.6 Å². The van der Waals surface area contributed by atoms with E-state index in [4.69, 9.17) is 11.1 Å². The molecule has 11 heteroatoms. The number of phenolic OH excluding ortho intramolecular Hbond substituents is 1. The molecule has 3 aliphatic rings. The van der Waals surface area contributed by atoms with E-state index in [9.17, 15) is 34.8 Å². The van der Waals surface area contributed by atoms with Gasteiger partial charge in [0.15, 0.2) is 11.4 Å². The highest BCUT2D eigenvalue weighted by Gasteiger charge is 2.63. The third-order valence-electron chi connectivity index (χ3n) is 7.55. The lowest BCUT2D eigenvalue weighted by atomic mass is 9.58. The number of fused-ring (bicyclic) bond motifs is 3. The van der Waals surface area contributed by atoms with Crippen molar-refractivity contribution in [2.45, 2.75) is 45.8 Å². The van der Waals surface area contributed by atoms with Gasteiger partial charge in [-0.05, 0) is 35.8 Å². The molecule has 38 heavy (non-hydrogen) atoms. The summed E-state index contributed by atoms with van der Waals surface area (Å²) in [5.74, 6) is -7.64. The van der Waals surface area contributed by atoms with Gasteiger partial charge in [0.1, 0.15) is 17.1 Å². The molecule has 0 unspecified atom stereocenters. The van der Waals surface area contributed by atoms with Gasteiger partial charge < -0.3 is 41.8 Å². The van der Waals surface area contributed by atoms with Crippen LogP contribution in [0.4, 0.5) is 5.69 Å². The topological polar surface area (TPSA) is 197 Å². The van der Waals surface area contributed by atoms with Crippen LogP contribution in [0.5, 0.6) is 5.75 Å². The summed E-state index contributed by atoms with van der Waals surface area (Å²) in [5.41, 5.74) is 2.07. The van der Waals surface area contributed by atoms with Crippen LogP contribution in [0.3, 0.4) is 0 Å². The van der Waals surface area contributed by atoms with Crippen LogP contribution in [0, 0.1) is 22.7 Å². The third-order valence-corrected chi connectivity index (χ3v) is 7.55. The van der Waals surface area contributed by atoms with Gasteiger partial charge in [0.05, 0.1) is 17.2 Å². The fraction of sp³-hybridized carbons (Fsp3) is 0.481. The van der Waals surface area contributed by atoms with Gasteiger partial charge in [-0.1, -0.05) is 20.8 Å². The van der Waals surface area contributed by atoms with Crippen LogP contribution in [-0.2, 0) is 27.3 Å². The lowest BCUT2D eigenvalue weighted by Gasteiger charge is -2.46. The second-order valence-electron chi connectivity index (χ2n) is 11.7. The van der Waals surface area contributed by atoms with Crippen LogP contribution in [0.1, 0.15) is 43.9 Å². The lowest BCUT2D eigenvalue weighted by molar-refractivity contribution is -0.145. The van der Waals surface area contributed by atoms with E-state index in [-0.39, 0.29) is 41.7 Å². The number of nitrogens with one attached hydrogen (secondary N) is 2. The number of Topliss-reactive ketones (excluding diaryl/α,β-unsaturated/α-hetero) is 2. The van der Waals surface area contributed by atoms with Gasteiger partial charge >= 0.3 is 0 Å². The zero-order chi connectivity index (χ0) is 28.5. The molecule has 1 amide bonds. The molecule has 1 aromatic rings. The van der Waals surface area contributed by atoms with Gasteiger partial charge in [-0.15, -0.1) is 0 Å². The quantitative estimate of drug-likeness (QED) is 0.295. The highest BCUT2D eigenvalue weighted by molar-refractivity contribution is 6.38. The summed E-state index contributed by atoms with van der Waals surface area (Å²) >= 11 is 0. The summed E-state index contributed by atoms with van der Waals surface area (Å²) in [6, 6.07) is 1.80. The number of carbonyl (C=O) groups is 3. The highest BCUT2D eigenvalue weighted by Crippen LogP contribution is 2.52. The second kappa shape index (κ2) is 8.95. The molecule has 0 saturated heterocycles. The Morgan fingerprint density at radius 1 is 1.21 bits per heavy atom. The van der Waals surface area contributed by atoms with Crippen LogP contribution in [0.15, 0.2) is 23.0 Å². The fourth-order valence-electron chi connectivity index (χ4n) is 5.73. The summed E-state index contributed by atoms with van der Waals surface area (Å²) in [5, 5.41) is 56.0. The Morgan fingerprint density at radius 2 is 1.84 bits per heavy atom. The van der Waals surface area contributed by atoms with Crippen molar-refractivity contribution in [2.24, 2.45) is 23.0 Å². The van der Waals surface area contributed by atoms with E-state index in [0.717, 1.165) is 0 Å². The highest BCUT2D eigenvalue weighted by atomic mass is 16.3. The zero-order valence-electron chi connectivity index (χ0n) is 22.1. The Kier molecular flexibility index (Phi) is 6.44. The van der Waals surface area contributed by atoms with Gasteiger partial charge in [-0.25, -0.2) is 0 Å². The average molecular weight is 527 g/mol. The number of rotatable bonds is 5. The maximum Gasteiger partial charge on any atom is 0.254 e. The van der Waals surface area contributed by atoms with E-state index in [1.54, 1.807) is 20.2 Å². The Hall–Kier alpha value is -3.70. The molecule has 0 aliphatic heterocycles. The van der Waals surface area contributed by atoms with Crippen LogP contribution < -0.4 is 16.0 Å². The number of benzene rings is 1. The van der Waals surface area contributed by atoms with Crippen molar-refractivity contribution in [3.8, 4) is 5.75 Å². The van der Waals surface area contributed by atoms with Crippen molar-refractivity contribution >= 4 is 34.6 Å². The molecule has 0 heterocycles. The minimum atomic E-state index is -2.79. The maximum absolute atomic E-state index is 13.7. The van der Waals surface area contributed by atoms with Crippen molar-refractivity contribution in [1.29, 1.82) is 5.41 Å². The molecule has 0 aromatic heterocycles. The number of phenols is 1. The molecule has 204 valence electrons. The minimum absolute atomic E-state index is 0.0133. The van der Waals surface area contributed by atoms with Crippen LogP contribution in [0.25, 0.3) is 5.76 Å². The summed E-state index contributed by atoms with van der Waals surface area (Å²) in [6.45, 7) is 7.13. The number of nitrogens with two attached hydrogens (primary N) is 1. The molecule has 0 spiro atoms. The molecule has 0 radical (unpaired) electrons. The molecule has 0 bridgehead atoms. The molecule has 3 aliphatic carbocycles. The molecule has 4 rings (SSSR count). The number of allylic oxidation sites excluding steroid dienone is 1. The first-order valence-corrected chi connectivity index (χ1v) is 12.3. The third kappa shape index (κ3) is 3.97. The smallest absolute Gasteiger partial charge is 0.254 e. The molecule has 1 aromatic carbocycles. The predicted octanol–water partition coefficient (Wildman–Crippen LogP) is 1.26. The number of amides is 1. The molecule has 1 fully saturated rings. The van der Waals surface area contributed by atoms with Crippen molar-refractivity contribution < 1.29 is 34.8 Å². The number of hydrogen-bond acceptors (Lipinski definition) is 10. The number of hydrogen-bond donors (Lipinski definition) is 7. The number of nitrogens with zero attached hydrogens (tertiary/aromatic N) is 1. The van der Waals surface area contributed by atoms with E-state index in [2.05, 4.69) is 26.1 Å². The number of anilines is 1. The lowest BCUT2D eigenvalue weighted by Crippen LogP contribution is -2.64. The molecular formula is C27H34N4O7. The Balaban J connectivity index is 1.88. The minimum Gasteiger partial charge on any atom is -0.507 e. The second-order valence-corrected chi connectivity index (χ2v) is 11.7. The summed E-state index contributed by atoms with van der Waals surface area (Å²) in [4.78, 5) is 40.4. The number of carbonyl (C=O) groups excluding carboxylic acids is 3. The van der Waals surface area contributed by atoms with Gasteiger partial charge in [0.25, 0.3) is 5.91 Å². The van der Waals surface area contributed by atoms with E-state index >= 15 is 0 Å². The Bertz CT molecular complexity index is 1350. The van der Waals surface area contributed by atoms with Crippen LogP contribution >= 0.6 is 0 Å². The SMILES string of the molecule is CN(C)c1cc(CNCC(C)(C)C)c(O)c2c1C[C@H]1C[C@H]3C(=O)C(O)=C(C(N)=O)C(=N)[C@@]3(O)C(=O)C1=C2O. The van der Waals surface area contributed by atoms with Crippen molar-refractivity contribution in [2.75, 3.05) is 25.5 Å². The van der Waals surface area contributed by atoms with Crippen LogP contribution in [-0.4, -0.2) is 69.9 Å². The van der Waals surface area contributed by atoms with Crippen LogP contribution in [0.2, 0.25) is 0 Å². The number of ketones is 2. The van der Waals surface area contributed by atoms with E-state index in [1.165, 1.54) is 0 Å². The zero-order valence-corrected chi connectivity index (χ0v) is 22.1. The molecule has 1 saturated carbocycles. The number of aliphatic hydroxyl groups excluding tert-OH is 2. The van der Waals surface area contributed by atoms with E-state index in [0.29, 0.717) is 23.4 Å². The maximum atomic E-state index is 13.7.